The van der Waals surface area contributed by atoms with E-state index >= 15 is 0 Å². The van der Waals surface area contributed by atoms with Gasteiger partial charge < -0.3 is 4.90 Å². The Morgan fingerprint density at radius 2 is 0.800 bits per heavy atom. The number of hydrogen-bond acceptors (Lipinski definition) is 3. The minimum Gasteiger partial charge on any atom is -0.334 e. The maximum absolute atomic E-state index is 14.8. The average Bonchev–Trinajstić information content (AvgIpc) is 3.45. The van der Waals surface area contributed by atoms with Crippen LogP contribution < -0.4 is 4.90 Å². The molecule has 0 aromatic heterocycles. The van der Waals surface area contributed by atoms with Gasteiger partial charge in [-0.05, 0) is 56.6 Å². The summed E-state index contributed by atoms with van der Waals surface area (Å²) in [4.78, 5) is 18.7. The Balaban J connectivity index is 1.47. The van der Waals surface area contributed by atoms with Gasteiger partial charge in [0, 0.05) is 6.54 Å². The molecule has 0 bridgehead atoms. The number of anilines is 1. The Morgan fingerprint density at radius 1 is 0.533 bits per heavy atom. The van der Waals surface area contributed by atoms with Crippen LogP contribution in [0.4, 0.5) is 5.69 Å². The van der Waals surface area contributed by atoms with Crippen molar-refractivity contribution >= 4 is 40.5 Å². The number of thiocarbonyl (C=S) groups is 1. The Hall–Kier alpha value is -1.64. The fourth-order valence-corrected chi connectivity index (χ4v) is 11.0. The predicted octanol–water partition coefficient (Wildman–Crippen LogP) is 18.2. The maximum Gasteiger partial charge on any atom is 0.259 e. The van der Waals surface area contributed by atoms with Gasteiger partial charge in [0.25, 0.3) is 5.91 Å². The molecule has 1 heterocycles. The number of carbonyl (C=O) groups is 1. The van der Waals surface area contributed by atoms with E-state index in [1.807, 2.05) is 13.0 Å². The van der Waals surface area contributed by atoms with Crippen molar-refractivity contribution in [3.63, 3.8) is 0 Å². The average molecular weight is 867 g/mol. The maximum atomic E-state index is 14.8. The van der Waals surface area contributed by atoms with Gasteiger partial charge in [-0.25, -0.2) is 0 Å². The Morgan fingerprint density at radius 3 is 1.05 bits per heavy atom. The van der Waals surface area contributed by atoms with E-state index in [2.05, 4.69) is 17.9 Å². The molecule has 0 radical (unpaired) electrons. The van der Waals surface area contributed by atoms with Gasteiger partial charge in [0.2, 0.25) is 0 Å². The fourth-order valence-electron chi connectivity index (χ4n) is 10.4. The largest absolute Gasteiger partial charge is 0.334 e. The molecule has 1 saturated carbocycles. The molecular formula is C54H92ClN3OS. The van der Waals surface area contributed by atoms with Gasteiger partial charge in [0.15, 0.2) is 5.11 Å². The van der Waals surface area contributed by atoms with E-state index in [-0.39, 0.29) is 5.91 Å². The van der Waals surface area contributed by atoms with E-state index in [1.165, 1.54) is 238 Å². The van der Waals surface area contributed by atoms with Crippen molar-refractivity contribution in [2.45, 2.75) is 283 Å². The van der Waals surface area contributed by atoms with Crippen molar-refractivity contribution in [3.05, 3.63) is 28.3 Å². The summed E-state index contributed by atoms with van der Waals surface area (Å²) < 4.78 is 0. The number of nitriles is 1. The summed E-state index contributed by atoms with van der Waals surface area (Å²) in [5.74, 6) is 0.106. The van der Waals surface area contributed by atoms with Crippen LogP contribution in [0.5, 0.6) is 0 Å². The van der Waals surface area contributed by atoms with E-state index in [4.69, 9.17) is 23.8 Å². The number of nitrogens with zero attached hydrogens (tertiary/aromatic N) is 3. The normalized spacial score (nSPS) is 22.4. The molecule has 1 aromatic rings. The van der Waals surface area contributed by atoms with Gasteiger partial charge in [-0.15, -0.1) is 0 Å². The lowest BCUT2D eigenvalue weighted by Crippen LogP contribution is -2.49. The highest BCUT2D eigenvalue weighted by atomic mass is 35.5. The molecule has 60 heavy (non-hydrogen) atoms. The second kappa shape index (κ2) is 33.9. The molecule has 3 rings (SSSR count). The number of carbonyl (C=O) groups excluding carboxylic acids is 1. The lowest BCUT2D eigenvalue weighted by Gasteiger charge is -2.36. The SMILES string of the molecule is CCN1C(=S)N(c2ccc(C#N)c(Cl)c2C)C(=O)C12CCCCCCCCCCCCCCCCCCCCCCCCCCCCCCCCCCCCCCCCC2. The Kier molecular flexibility index (Phi) is 29.7. The summed E-state index contributed by atoms with van der Waals surface area (Å²) in [6.07, 6.45) is 55.5. The summed E-state index contributed by atoms with van der Waals surface area (Å²) in [7, 11) is 0. The first-order valence-corrected chi connectivity index (χ1v) is 27.1. The van der Waals surface area contributed by atoms with Crippen molar-refractivity contribution < 1.29 is 4.79 Å². The van der Waals surface area contributed by atoms with Crippen LogP contribution in [0, 0.1) is 18.3 Å². The summed E-state index contributed by atoms with van der Waals surface area (Å²) in [6.45, 7) is 4.76. The first-order chi connectivity index (χ1) is 29.5. The number of rotatable bonds is 2. The van der Waals surface area contributed by atoms with Gasteiger partial charge in [-0.2, -0.15) is 5.26 Å². The molecule has 2 fully saturated rings. The topological polar surface area (TPSA) is 47.3 Å². The van der Waals surface area contributed by atoms with Gasteiger partial charge >= 0.3 is 0 Å². The standard InChI is InChI=1S/C54H92ClN3OS/c1-3-57-53(60)58(50-44-43-49(47-56)51(55)48(50)2)52(59)54(57)45-41-39-37-35-33-31-29-27-25-23-21-19-17-15-13-11-9-7-5-4-6-8-10-12-14-16-18-20-22-24-26-28-30-32-34-36-38-40-42-46-54/h43-44H,3-42,45-46H2,1-2H3. The van der Waals surface area contributed by atoms with Crippen LogP contribution in [0.25, 0.3) is 0 Å². The molecule has 2 aliphatic rings. The van der Waals surface area contributed by atoms with Crippen molar-refractivity contribution in [2.75, 3.05) is 11.4 Å². The quantitative estimate of drug-likeness (QED) is 0.278. The van der Waals surface area contributed by atoms with E-state index in [9.17, 15) is 10.1 Å². The second-order valence-electron chi connectivity index (χ2n) is 19.2. The van der Waals surface area contributed by atoms with E-state index < -0.39 is 5.54 Å². The predicted molar refractivity (Wildman–Crippen MR) is 265 cm³/mol. The van der Waals surface area contributed by atoms with E-state index in [1.54, 1.807) is 11.0 Å². The molecule has 0 N–H and O–H groups in total. The minimum atomic E-state index is -0.607. The third-order valence-corrected chi connectivity index (χ3v) is 15.1. The fraction of sp³-hybridized carbons (Fsp3) is 0.833. The molecule has 0 unspecified atom stereocenters. The lowest BCUT2D eigenvalue weighted by molar-refractivity contribution is -0.125. The molecule has 342 valence electrons. The molecule has 1 saturated heterocycles. The van der Waals surface area contributed by atoms with Gasteiger partial charge in [0.05, 0.1) is 16.3 Å². The molecule has 1 aliphatic heterocycles. The van der Waals surface area contributed by atoms with E-state index in [0.717, 1.165) is 36.9 Å². The van der Waals surface area contributed by atoms with Crippen LogP contribution in [0.2, 0.25) is 5.02 Å². The highest BCUT2D eigenvalue weighted by Crippen LogP contribution is 2.42. The second-order valence-corrected chi connectivity index (χ2v) is 19.9. The highest BCUT2D eigenvalue weighted by molar-refractivity contribution is 7.80. The number of likely N-dealkylation sites (N-methyl/N-ethyl adjacent to an activating group) is 1. The molecule has 1 spiro atoms. The molecule has 6 heteroatoms. The third-order valence-electron chi connectivity index (χ3n) is 14.3. The van der Waals surface area contributed by atoms with Crippen molar-refractivity contribution in [3.8, 4) is 6.07 Å². The molecule has 1 aromatic carbocycles. The smallest absolute Gasteiger partial charge is 0.259 e. The van der Waals surface area contributed by atoms with Crippen molar-refractivity contribution in [1.29, 1.82) is 5.26 Å². The van der Waals surface area contributed by atoms with Crippen LogP contribution in [-0.4, -0.2) is 28.0 Å². The van der Waals surface area contributed by atoms with E-state index in [0.29, 0.717) is 22.2 Å². The van der Waals surface area contributed by atoms with Crippen LogP contribution in [0.3, 0.4) is 0 Å². The molecule has 0 atom stereocenters. The number of hydrogen-bond donors (Lipinski definition) is 0. The van der Waals surface area contributed by atoms with Crippen molar-refractivity contribution in [2.24, 2.45) is 0 Å². The summed E-state index contributed by atoms with van der Waals surface area (Å²) in [5.41, 5.74) is 1.30. The van der Waals surface area contributed by atoms with Crippen LogP contribution in [0.1, 0.15) is 281 Å². The zero-order valence-corrected chi connectivity index (χ0v) is 41.0. The van der Waals surface area contributed by atoms with Gasteiger partial charge in [-0.1, -0.05) is 262 Å². The molecular weight excluding hydrogens is 774 g/mol. The number of amides is 1. The monoisotopic (exact) mass is 866 g/mol. The zero-order chi connectivity index (χ0) is 42.9. The van der Waals surface area contributed by atoms with Gasteiger partial charge in [-0.3, -0.25) is 9.69 Å². The van der Waals surface area contributed by atoms with Gasteiger partial charge in [0.1, 0.15) is 11.6 Å². The van der Waals surface area contributed by atoms with Crippen LogP contribution in [-0.2, 0) is 4.79 Å². The Bertz CT molecular complexity index is 1280. The number of benzene rings is 1. The van der Waals surface area contributed by atoms with Crippen LogP contribution in [0.15, 0.2) is 12.1 Å². The highest BCUT2D eigenvalue weighted by Gasteiger charge is 2.54. The first kappa shape index (κ1) is 52.7. The summed E-state index contributed by atoms with van der Waals surface area (Å²) in [5, 5.41) is 10.6. The number of halogens is 1. The summed E-state index contributed by atoms with van der Waals surface area (Å²) in [6, 6.07) is 5.78. The molecule has 1 aliphatic carbocycles. The Labute approximate surface area is 382 Å². The zero-order valence-electron chi connectivity index (χ0n) is 39.4. The third kappa shape index (κ3) is 19.8. The summed E-state index contributed by atoms with van der Waals surface area (Å²) >= 11 is 12.7. The first-order valence-electron chi connectivity index (χ1n) is 26.3. The minimum absolute atomic E-state index is 0.106. The molecule has 4 nitrogen and oxygen atoms in total. The molecule has 1 amide bonds. The lowest BCUT2D eigenvalue weighted by atomic mass is 9.84. The van der Waals surface area contributed by atoms with Crippen molar-refractivity contribution in [1.82, 2.24) is 4.90 Å². The van der Waals surface area contributed by atoms with Crippen LogP contribution >= 0.6 is 23.8 Å².